The summed E-state index contributed by atoms with van der Waals surface area (Å²) in [7, 11) is 0. The Labute approximate surface area is 121 Å². The lowest BCUT2D eigenvalue weighted by molar-refractivity contribution is -0.129. The summed E-state index contributed by atoms with van der Waals surface area (Å²) in [5, 5.41) is 0. The van der Waals surface area contributed by atoms with E-state index in [-0.39, 0.29) is 5.91 Å². The fourth-order valence-corrected chi connectivity index (χ4v) is 1.84. The fourth-order valence-electron chi connectivity index (χ4n) is 1.84. The Morgan fingerprint density at radius 1 is 1.05 bits per heavy atom. The van der Waals surface area contributed by atoms with Gasteiger partial charge >= 0.3 is 0 Å². The van der Waals surface area contributed by atoms with E-state index in [1.54, 1.807) is 0 Å². The molecule has 0 unspecified atom stereocenters. The SMILES string of the molecule is C=C(CC)N(CCCCCC(C)C)C(=O)CC.CC. The highest BCUT2D eigenvalue weighted by Crippen LogP contribution is 2.13. The van der Waals surface area contributed by atoms with Crippen molar-refractivity contribution in [3.63, 3.8) is 0 Å². The Morgan fingerprint density at radius 3 is 2.05 bits per heavy atom. The number of hydrogen-bond donors (Lipinski definition) is 0. The minimum Gasteiger partial charge on any atom is -0.317 e. The molecule has 0 aliphatic carbocycles. The largest absolute Gasteiger partial charge is 0.317 e. The van der Waals surface area contributed by atoms with E-state index in [4.69, 9.17) is 0 Å². The van der Waals surface area contributed by atoms with Gasteiger partial charge in [0.05, 0.1) is 0 Å². The Morgan fingerprint density at radius 2 is 1.63 bits per heavy atom. The van der Waals surface area contributed by atoms with Crippen LogP contribution in [0.25, 0.3) is 0 Å². The third-order valence-electron chi connectivity index (χ3n) is 3.06. The van der Waals surface area contributed by atoms with Crippen molar-refractivity contribution >= 4 is 5.91 Å². The zero-order valence-electron chi connectivity index (χ0n) is 14.1. The van der Waals surface area contributed by atoms with Crippen molar-refractivity contribution in [2.75, 3.05) is 6.54 Å². The molecule has 0 spiro atoms. The van der Waals surface area contributed by atoms with Crippen molar-refractivity contribution in [3.8, 4) is 0 Å². The summed E-state index contributed by atoms with van der Waals surface area (Å²) in [4.78, 5) is 13.6. The minimum atomic E-state index is 0.209. The van der Waals surface area contributed by atoms with Gasteiger partial charge in [-0.25, -0.2) is 0 Å². The van der Waals surface area contributed by atoms with Crippen LogP contribution in [0.3, 0.4) is 0 Å². The molecule has 0 aromatic rings. The van der Waals surface area contributed by atoms with Gasteiger partial charge in [-0.2, -0.15) is 0 Å². The standard InChI is InChI=1S/C15H29NO.C2H6/c1-6-14(5)16(15(17)7-2)12-10-8-9-11-13(3)4;1-2/h13H,5-12H2,1-4H3;1-2H3. The molecule has 1 amide bonds. The van der Waals surface area contributed by atoms with Crippen molar-refractivity contribution < 1.29 is 4.79 Å². The number of carbonyl (C=O) groups excluding carboxylic acids is 1. The predicted molar refractivity (Wildman–Crippen MR) is 86.1 cm³/mol. The van der Waals surface area contributed by atoms with Gasteiger partial charge in [-0.3, -0.25) is 4.79 Å². The summed E-state index contributed by atoms with van der Waals surface area (Å²) in [5.41, 5.74) is 0.959. The Balaban J connectivity index is 0. The van der Waals surface area contributed by atoms with Crippen molar-refractivity contribution in [1.82, 2.24) is 4.90 Å². The lowest BCUT2D eigenvalue weighted by atomic mass is 10.1. The van der Waals surface area contributed by atoms with Crippen molar-refractivity contribution in [1.29, 1.82) is 0 Å². The average molecular weight is 269 g/mol. The fraction of sp³-hybridized carbons (Fsp3) is 0.824. The highest BCUT2D eigenvalue weighted by molar-refractivity contribution is 5.77. The van der Waals surface area contributed by atoms with Crippen molar-refractivity contribution in [2.24, 2.45) is 5.92 Å². The van der Waals surface area contributed by atoms with Gasteiger partial charge in [-0.05, 0) is 18.8 Å². The number of rotatable bonds is 9. The van der Waals surface area contributed by atoms with Gasteiger partial charge in [0.25, 0.3) is 0 Å². The highest BCUT2D eigenvalue weighted by Gasteiger charge is 2.12. The molecule has 0 aromatic heterocycles. The maximum atomic E-state index is 11.7. The second-order valence-corrected chi connectivity index (χ2v) is 5.06. The van der Waals surface area contributed by atoms with Gasteiger partial charge in [-0.15, -0.1) is 0 Å². The van der Waals surface area contributed by atoms with E-state index in [0.717, 1.165) is 31.0 Å². The molecule has 0 rings (SSSR count). The van der Waals surface area contributed by atoms with Gasteiger partial charge in [0.1, 0.15) is 0 Å². The second-order valence-electron chi connectivity index (χ2n) is 5.06. The van der Waals surface area contributed by atoms with Crippen molar-refractivity contribution in [2.45, 2.75) is 80.1 Å². The summed E-state index contributed by atoms with van der Waals surface area (Å²) in [6.07, 6.45) is 6.30. The van der Waals surface area contributed by atoms with Crippen LogP contribution in [-0.4, -0.2) is 17.4 Å². The summed E-state index contributed by atoms with van der Waals surface area (Å²) in [6.45, 7) is 17.3. The van der Waals surface area contributed by atoms with Gasteiger partial charge in [0.15, 0.2) is 0 Å². The quantitative estimate of drug-likeness (QED) is 0.514. The molecule has 0 heterocycles. The molecule has 0 radical (unpaired) electrons. The van der Waals surface area contributed by atoms with E-state index in [1.807, 2.05) is 25.7 Å². The smallest absolute Gasteiger partial charge is 0.226 e. The third kappa shape index (κ3) is 10.8. The molecule has 114 valence electrons. The second kappa shape index (κ2) is 13.6. The van der Waals surface area contributed by atoms with Crippen LogP contribution in [0.4, 0.5) is 0 Å². The molecule has 2 nitrogen and oxygen atoms in total. The van der Waals surface area contributed by atoms with Crippen molar-refractivity contribution in [3.05, 3.63) is 12.3 Å². The topological polar surface area (TPSA) is 20.3 Å². The Hall–Kier alpha value is -0.790. The highest BCUT2D eigenvalue weighted by atomic mass is 16.2. The first kappa shape index (κ1) is 20.5. The lowest BCUT2D eigenvalue weighted by Gasteiger charge is -2.23. The molecule has 0 saturated carbocycles. The molecule has 0 fully saturated rings. The van der Waals surface area contributed by atoms with E-state index in [9.17, 15) is 4.79 Å². The number of hydrogen-bond acceptors (Lipinski definition) is 1. The van der Waals surface area contributed by atoms with Crippen LogP contribution < -0.4 is 0 Å². The van der Waals surface area contributed by atoms with E-state index >= 15 is 0 Å². The predicted octanol–water partition coefficient (Wildman–Crippen LogP) is 5.39. The molecule has 0 aliphatic heterocycles. The zero-order chi connectivity index (χ0) is 15.3. The number of carbonyl (C=O) groups is 1. The van der Waals surface area contributed by atoms with E-state index < -0.39 is 0 Å². The van der Waals surface area contributed by atoms with Crippen LogP contribution in [0.1, 0.15) is 80.1 Å². The van der Waals surface area contributed by atoms with Crippen LogP contribution in [-0.2, 0) is 4.79 Å². The molecular formula is C17H35NO. The number of nitrogens with zero attached hydrogens (tertiary/aromatic N) is 1. The molecule has 0 aromatic carbocycles. The van der Waals surface area contributed by atoms with Crippen LogP contribution >= 0.6 is 0 Å². The summed E-state index contributed by atoms with van der Waals surface area (Å²) < 4.78 is 0. The van der Waals surface area contributed by atoms with Crippen LogP contribution in [0.15, 0.2) is 12.3 Å². The summed E-state index contributed by atoms with van der Waals surface area (Å²) in [5.74, 6) is 0.995. The van der Waals surface area contributed by atoms with Gasteiger partial charge in [0, 0.05) is 18.7 Å². The monoisotopic (exact) mass is 269 g/mol. The summed E-state index contributed by atoms with van der Waals surface area (Å²) >= 11 is 0. The van der Waals surface area contributed by atoms with Crippen LogP contribution in [0.2, 0.25) is 0 Å². The maximum absolute atomic E-state index is 11.7. The molecule has 0 bridgehead atoms. The Kier molecular flexibility index (Phi) is 14.7. The Bertz CT molecular complexity index is 217. The van der Waals surface area contributed by atoms with E-state index in [2.05, 4.69) is 27.4 Å². The number of amides is 1. The first-order valence-electron chi connectivity index (χ1n) is 8.01. The lowest BCUT2D eigenvalue weighted by Crippen LogP contribution is -2.30. The summed E-state index contributed by atoms with van der Waals surface area (Å²) in [6, 6.07) is 0. The molecule has 0 aliphatic rings. The first-order valence-corrected chi connectivity index (χ1v) is 8.01. The van der Waals surface area contributed by atoms with E-state index in [1.165, 1.54) is 19.3 Å². The zero-order valence-corrected chi connectivity index (χ0v) is 14.1. The average Bonchev–Trinajstić information content (AvgIpc) is 2.43. The molecule has 2 heteroatoms. The molecular weight excluding hydrogens is 234 g/mol. The normalized spacial score (nSPS) is 9.84. The maximum Gasteiger partial charge on any atom is 0.226 e. The van der Waals surface area contributed by atoms with Crippen LogP contribution in [0, 0.1) is 5.92 Å². The molecule has 0 saturated heterocycles. The van der Waals surface area contributed by atoms with Gasteiger partial charge < -0.3 is 4.90 Å². The number of allylic oxidation sites excluding steroid dienone is 1. The molecule has 0 N–H and O–H groups in total. The van der Waals surface area contributed by atoms with Crippen LogP contribution in [0.5, 0.6) is 0 Å². The number of unbranched alkanes of at least 4 members (excludes halogenated alkanes) is 2. The molecule has 19 heavy (non-hydrogen) atoms. The first-order chi connectivity index (χ1) is 9.02. The van der Waals surface area contributed by atoms with Gasteiger partial charge in [-0.1, -0.05) is 67.4 Å². The molecule has 0 atom stereocenters. The minimum absolute atomic E-state index is 0.209. The van der Waals surface area contributed by atoms with E-state index in [0.29, 0.717) is 6.42 Å². The third-order valence-corrected chi connectivity index (χ3v) is 3.06. The van der Waals surface area contributed by atoms with Gasteiger partial charge in [0.2, 0.25) is 5.91 Å².